The molecule has 0 spiro atoms. The summed E-state index contributed by atoms with van der Waals surface area (Å²) in [7, 11) is 1.58. The van der Waals surface area contributed by atoms with Crippen molar-refractivity contribution >= 4 is 75.8 Å². The summed E-state index contributed by atoms with van der Waals surface area (Å²) >= 11 is 14.3. The largest absolute Gasteiger partial charge is 0.496 e. The molecule has 0 saturated heterocycles. The lowest BCUT2D eigenvalue weighted by Crippen LogP contribution is -2.34. The molecule has 10 heteroatoms. The Morgan fingerprint density at radius 2 is 1.76 bits per heavy atom. The number of fused-ring (bicyclic) bond motifs is 1. The minimum atomic E-state index is -1.01. The van der Waals surface area contributed by atoms with Gasteiger partial charge in [0.25, 0.3) is 0 Å². The van der Waals surface area contributed by atoms with Gasteiger partial charge in [-0.2, -0.15) is 0 Å². The maximum Gasteiger partial charge on any atom is 0.335 e. The van der Waals surface area contributed by atoms with Crippen molar-refractivity contribution in [2.75, 3.05) is 7.11 Å². The van der Waals surface area contributed by atoms with Crippen molar-refractivity contribution in [1.82, 2.24) is 4.90 Å². The third-order valence-corrected chi connectivity index (χ3v) is 6.79. The van der Waals surface area contributed by atoms with Gasteiger partial charge in [0.05, 0.1) is 34.5 Å². The first-order valence-corrected chi connectivity index (χ1v) is 11.2. The second kappa shape index (κ2) is 11.1. The first kappa shape index (κ1) is 27.4. The third kappa shape index (κ3) is 5.00. The number of carbonyl (C=O) groups is 1. The molecule has 1 N–H and O–H groups in total. The molecular formula is C23H22Cl4N2O3S. The average molecular weight is 548 g/mol. The van der Waals surface area contributed by atoms with E-state index in [1.165, 1.54) is 11.8 Å². The predicted molar refractivity (Wildman–Crippen MR) is 141 cm³/mol. The van der Waals surface area contributed by atoms with E-state index in [4.69, 9.17) is 32.9 Å². The van der Waals surface area contributed by atoms with Gasteiger partial charge in [-0.1, -0.05) is 61.3 Å². The lowest BCUT2D eigenvalue weighted by atomic mass is 9.90. The first-order chi connectivity index (χ1) is 14.8. The van der Waals surface area contributed by atoms with Gasteiger partial charge in [-0.3, -0.25) is 0 Å². The van der Waals surface area contributed by atoms with Crippen LogP contribution in [0.4, 0.5) is 0 Å². The molecule has 0 saturated carbocycles. The van der Waals surface area contributed by atoms with Gasteiger partial charge in [-0.05, 0) is 35.9 Å². The van der Waals surface area contributed by atoms with Crippen LogP contribution < -0.4 is 4.74 Å². The third-order valence-electron chi connectivity index (χ3n) is 5.14. The van der Waals surface area contributed by atoms with E-state index in [2.05, 4.69) is 0 Å². The van der Waals surface area contributed by atoms with E-state index in [0.29, 0.717) is 32.2 Å². The average Bonchev–Trinajstić information content (AvgIpc) is 3.15. The second-order valence-electron chi connectivity index (χ2n) is 7.40. The molecular weight excluding hydrogens is 526 g/mol. The van der Waals surface area contributed by atoms with Gasteiger partial charge in [-0.25, -0.2) is 9.79 Å². The smallest absolute Gasteiger partial charge is 0.335 e. The molecule has 5 nitrogen and oxygen atoms in total. The highest BCUT2D eigenvalue weighted by Crippen LogP contribution is 2.50. The Kier molecular flexibility index (Phi) is 9.19. The fourth-order valence-electron chi connectivity index (χ4n) is 3.78. The Balaban J connectivity index is 0.00000193. The number of aliphatic carboxylic acids is 1. The molecule has 176 valence electrons. The summed E-state index contributed by atoms with van der Waals surface area (Å²) in [6, 6.07) is 12.2. The Labute approximate surface area is 219 Å². The number of nitrogens with zero attached hydrogens (tertiary/aromatic N) is 2. The lowest BCUT2D eigenvalue weighted by molar-refractivity contribution is -0.133. The molecule has 2 aliphatic rings. The molecule has 0 bridgehead atoms. The number of hydrogen-bond donors (Lipinski definition) is 1. The van der Waals surface area contributed by atoms with Gasteiger partial charge in [0.2, 0.25) is 0 Å². The number of halogens is 4. The minimum absolute atomic E-state index is 0. The van der Waals surface area contributed by atoms with E-state index in [-0.39, 0.29) is 36.3 Å². The van der Waals surface area contributed by atoms with Crippen LogP contribution in [0.3, 0.4) is 0 Å². The van der Waals surface area contributed by atoms with E-state index < -0.39 is 12.0 Å². The Morgan fingerprint density at radius 1 is 1.12 bits per heavy atom. The topological polar surface area (TPSA) is 62.1 Å². The molecule has 0 radical (unpaired) electrons. The van der Waals surface area contributed by atoms with Crippen LogP contribution in [0.5, 0.6) is 5.75 Å². The zero-order valence-corrected chi connectivity index (χ0v) is 21.9. The van der Waals surface area contributed by atoms with Gasteiger partial charge in [0.15, 0.2) is 5.17 Å². The fourth-order valence-corrected chi connectivity index (χ4v) is 5.59. The fraction of sp³-hybridized carbons (Fsp3) is 0.217. The van der Waals surface area contributed by atoms with E-state index in [9.17, 15) is 9.90 Å². The van der Waals surface area contributed by atoms with Gasteiger partial charge < -0.3 is 14.7 Å². The van der Waals surface area contributed by atoms with Crippen molar-refractivity contribution < 1.29 is 14.6 Å². The quantitative estimate of drug-likeness (QED) is 0.425. The van der Waals surface area contributed by atoms with Crippen molar-refractivity contribution in [1.29, 1.82) is 0 Å². The SMILES string of the molecule is COc1ccccc1C1C(C(=O)O)=C(C(C)C)N=C2SC(c3c(Cl)cccc3Cl)=CN21.Cl.Cl. The highest BCUT2D eigenvalue weighted by atomic mass is 35.5. The van der Waals surface area contributed by atoms with Gasteiger partial charge in [-0.15, -0.1) is 24.8 Å². The maximum absolute atomic E-state index is 12.4. The highest BCUT2D eigenvalue weighted by molar-refractivity contribution is 8.22. The van der Waals surface area contributed by atoms with Crippen LogP contribution in [-0.2, 0) is 4.79 Å². The number of allylic oxidation sites excluding steroid dienone is 1. The molecule has 2 heterocycles. The molecule has 33 heavy (non-hydrogen) atoms. The van der Waals surface area contributed by atoms with E-state index >= 15 is 0 Å². The van der Waals surface area contributed by atoms with Crippen LogP contribution >= 0.6 is 59.8 Å². The number of ether oxygens (including phenoxy) is 1. The van der Waals surface area contributed by atoms with Crippen molar-refractivity contribution in [3.05, 3.63) is 81.1 Å². The summed E-state index contributed by atoms with van der Waals surface area (Å²) in [6.07, 6.45) is 1.87. The summed E-state index contributed by atoms with van der Waals surface area (Å²) < 4.78 is 5.57. The van der Waals surface area contributed by atoms with Crippen LogP contribution in [0.15, 0.2) is 64.9 Å². The number of carboxylic acids is 1. The molecule has 0 fully saturated rings. The van der Waals surface area contributed by atoms with Crippen molar-refractivity contribution in [3.8, 4) is 5.75 Å². The molecule has 2 aromatic carbocycles. The zero-order chi connectivity index (χ0) is 22.3. The number of thioether (sulfide) groups is 1. The zero-order valence-electron chi connectivity index (χ0n) is 17.9. The van der Waals surface area contributed by atoms with Crippen LogP contribution in [0.2, 0.25) is 10.0 Å². The van der Waals surface area contributed by atoms with Gasteiger partial charge in [0.1, 0.15) is 5.75 Å². The number of amidine groups is 1. The molecule has 4 rings (SSSR count). The highest BCUT2D eigenvalue weighted by Gasteiger charge is 2.41. The van der Waals surface area contributed by atoms with Crippen LogP contribution in [0.1, 0.15) is 31.0 Å². The molecule has 2 aromatic rings. The minimum Gasteiger partial charge on any atom is -0.496 e. The van der Waals surface area contributed by atoms with E-state index in [1.54, 1.807) is 25.3 Å². The predicted octanol–water partition coefficient (Wildman–Crippen LogP) is 7.30. The number of hydrogen-bond acceptors (Lipinski definition) is 5. The maximum atomic E-state index is 12.4. The first-order valence-electron chi connectivity index (χ1n) is 9.64. The number of benzene rings is 2. The summed E-state index contributed by atoms with van der Waals surface area (Å²) in [6.45, 7) is 3.88. The van der Waals surface area contributed by atoms with Crippen LogP contribution in [0.25, 0.3) is 4.91 Å². The Morgan fingerprint density at radius 3 is 2.33 bits per heavy atom. The van der Waals surface area contributed by atoms with Crippen LogP contribution in [-0.4, -0.2) is 28.3 Å². The molecule has 0 aromatic heterocycles. The summed E-state index contributed by atoms with van der Waals surface area (Å²) in [5.74, 6) is -0.477. The summed E-state index contributed by atoms with van der Waals surface area (Å²) in [5.41, 5.74) is 2.22. The standard InChI is InChI=1S/C23H20Cl2N2O3S.2ClH/c1-12(2)20-19(22(28)29)21(13-7-4-5-10-16(13)30-3)27-11-17(31-23(27)26-20)18-14(24)8-6-9-15(18)25;;/h4-12,21H,1-3H3,(H,28,29);2*1H. The van der Waals surface area contributed by atoms with E-state index in [1.807, 2.05) is 49.2 Å². The second-order valence-corrected chi connectivity index (χ2v) is 9.22. The molecule has 2 aliphatic heterocycles. The summed E-state index contributed by atoms with van der Waals surface area (Å²) in [4.78, 5) is 19.9. The Hall–Kier alpha value is -1.83. The summed E-state index contributed by atoms with van der Waals surface area (Å²) in [5, 5.41) is 11.9. The van der Waals surface area contributed by atoms with E-state index in [0.717, 1.165) is 10.5 Å². The normalized spacial score (nSPS) is 17.0. The van der Waals surface area contributed by atoms with Gasteiger partial charge >= 0.3 is 5.97 Å². The molecule has 0 amide bonds. The number of para-hydroxylation sites is 1. The Bertz CT molecular complexity index is 1140. The lowest BCUT2D eigenvalue weighted by Gasteiger charge is -2.34. The number of methoxy groups -OCH3 is 1. The van der Waals surface area contributed by atoms with Gasteiger partial charge in [0, 0.05) is 22.2 Å². The number of aliphatic imine (C=N–C) groups is 1. The van der Waals surface area contributed by atoms with Crippen molar-refractivity contribution in [3.63, 3.8) is 0 Å². The number of rotatable bonds is 5. The van der Waals surface area contributed by atoms with Crippen molar-refractivity contribution in [2.45, 2.75) is 19.9 Å². The van der Waals surface area contributed by atoms with Crippen LogP contribution in [0, 0.1) is 5.92 Å². The monoisotopic (exact) mass is 546 g/mol. The molecule has 0 aliphatic carbocycles. The number of carboxylic acid groups (broad SMARTS) is 1. The molecule has 1 unspecified atom stereocenters. The van der Waals surface area contributed by atoms with Crippen molar-refractivity contribution in [2.24, 2.45) is 10.9 Å². The molecule has 1 atom stereocenters.